The van der Waals surface area contributed by atoms with Crippen LogP contribution in [0.25, 0.3) is 10.9 Å². The van der Waals surface area contributed by atoms with Gasteiger partial charge in [-0.15, -0.1) is 0 Å². The van der Waals surface area contributed by atoms with Crippen LogP contribution in [-0.4, -0.2) is 29.0 Å². The summed E-state index contributed by atoms with van der Waals surface area (Å²) < 4.78 is 0. The summed E-state index contributed by atoms with van der Waals surface area (Å²) >= 11 is 0. The minimum Gasteiger partial charge on any atom is -0.357 e. The molecule has 0 spiro atoms. The molecule has 1 aromatic heterocycles. The maximum atomic E-state index is 11.9. The number of urea groups is 1. The van der Waals surface area contributed by atoms with Gasteiger partial charge in [0.05, 0.1) is 6.54 Å². The number of fused-ring (bicyclic) bond motifs is 1. The predicted octanol–water partition coefficient (Wildman–Crippen LogP) is 2.95. The van der Waals surface area contributed by atoms with Crippen molar-refractivity contribution in [1.29, 1.82) is 0 Å². The van der Waals surface area contributed by atoms with Crippen LogP contribution in [0.15, 0.2) is 18.2 Å². The molecule has 2 heterocycles. The van der Waals surface area contributed by atoms with Crippen LogP contribution in [0.4, 0.5) is 4.79 Å². The van der Waals surface area contributed by atoms with Gasteiger partial charge in [0.1, 0.15) is 0 Å². The van der Waals surface area contributed by atoms with Gasteiger partial charge in [-0.05, 0) is 54.5 Å². The number of nitrogens with zero attached hydrogens (tertiary/aromatic N) is 1. The zero-order valence-corrected chi connectivity index (χ0v) is 12.3. The molecule has 0 aliphatic carbocycles. The number of H-pyrrole nitrogens is 1. The molecule has 2 amide bonds. The van der Waals surface area contributed by atoms with E-state index in [1.807, 2.05) is 4.90 Å². The van der Waals surface area contributed by atoms with Gasteiger partial charge >= 0.3 is 6.03 Å². The van der Waals surface area contributed by atoms with Gasteiger partial charge in [-0.25, -0.2) is 4.79 Å². The lowest BCUT2D eigenvalue weighted by atomic mass is 10.0. The Hall–Kier alpha value is -1.97. The van der Waals surface area contributed by atoms with E-state index in [2.05, 4.69) is 49.3 Å². The molecular weight excluding hydrogens is 250 g/mol. The molecular formula is C16H21N3O. The third kappa shape index (κ3) is 2.38. The molecule has 0 atom stereocenters. The lowest BCUT2D eigenvalue weighted by Crippen LogP contribution is -2.52. The Morgan fingerprint density at radius 3 is 2.70 bits per heavy atom. The summed E-state index contributed by atoms with van der Waals surface area (Å²) in [5.41, 5.74) is 4.76. The van der Waals surface area contributed by atoms with Gasteiger partial charge in [0.25, 0.3) is 0 Å². The highest BCUT2D eigenvalue weighted by atomic mass is 16.2. The Morgan fingerprint density at radius 1 is 1.30 bits per heavy atom. The van der Waals surface area contributed by atoms with E-state index in [0.717, 1.165) is 24.3 Å². The number of amides is 2. The van der Waals surface area contributed by atoms with E-state index in [4.69, 9.17) is 0 Å². The summed E-state index contributed by atoms with van der Waals surface area (Å²) in [5.74, 6) is 0.639. The molecule has 0 bridgehead atoms. The van der Waals surface area contributed by atoms with E-state index in [1.54, 1.807) is 0 Å². The minimum atomic E-state index is 0.0362. The fraction of sp³-hybridized carbons (Fsp3) is 0.438. The van der Waals surface area contributed by atoms with Gasteiger partial charge in [-0.2, -0.15) is 0 Å². The number of rotatable bonds is 2. The quantitative estimate of drug-likeness (QED) is 0.867. The first kappa shape index (κ1) is 13.0. The Kier molecular flexibility index (Phi) is 3.16. The zero-order chi connectivity index (χ0) is 14.3. The summed E-state index contributed by atoms with van der Waals surface area (Å²) in [6.07, 6.45) is 0. The largest absolute Gasteiger partial charge is 0.357 e. The van der Waals surface area contributed by atoms with Gasteiger partial charge in [-0.1, -0.05) is 6.92 Å². The van der Waals surface area contributed by atoms with Crippen molar-refractivity contribution in [2.24, 2.45) is 5.92 Å². The van der Waals surface area contributed by atoms with Gasteiger partial charge in [0, 0.05) is 24.3 Å². The van der Waals surface area contributed by atoms with Crippen molar-refractivity contribution < 1.29 is 4.79 Å². The van der Waals surface area contributed by atoms with E-state index in [-0.39, 0.29) is 6.03 Å². The number of nitrogens with one attached hydrogen (secondary N) is 2. The second kappa shape index (κ2) is 4.85. The van der Waals surface area contributed by atoms with E-state index in [0.29, 0.717) is 12.5 Å². The summed E-state index contributed by atoms with van der Waals surface area (Å²) in [7, 11) is 0. The summed E-state index contributed by atoms with van der Waals surface area (Å²) in [6.45, 7) is 8.69. The fourth-order valence-electron chi connectivity index (χ4n) is 2.71. The van der Waals surface area contributed by atoms with Crippen molar-refractivity contribution >= 4 is 16.9 Å². The maximum Gasteiger partial charge on any atom is 0.317 e. The Morgan fingerprint density at radius 2 is 2.00 bits per heavy atom. The minimum absolute atomic E-state index is 0.0362. The molecule has 2 aromatic rings. The van der Waals surface area contributed by atoms with Gasteiger partial charge < -0.3 is 15.2 Å². The van der Waals surface area contributed by atoms with Crippen LogP contribution >= 0.6 is 0 Å². The Labute approximate surface area is 119 Å². The monoisotopic (exact) mass is 271 g/mol. The predicted molar refractivity (Wildman–Crippen MR) is 80.7 cm³/mol. The van der Waals surface area contributed by atoms with Gasteiger partial charge in [0.15, 0.2) is 0 Å². The van der Waals surface area contributed by atoms with Crippen molar-refractivity contribution in [3.8, 4) is 0 Å². The van der Waals surface area contributed by atoms with Crippen molar-refractivity contribution in [3.63, 3.8) is 0 Å². The average Bonchev–Trinajstić information content (AvgIpc) is 2.75. The van der Waals surface area contributed by atoms with Gasteiger partial charge in [0.2, 0.25) is 0 Å². The Balaban J connectivity index is 1.67. The standard InChI is InChI=1S/C16H21N3O/c1-10-8-19(9-10)16(20)17-7-14-6-13-4-11(2)12(3)5-15(13)18-14/h4-6,10,18H,7-9H2,1-3H3,(H,17,20). The number of likely N-dealkylation sites (tertiary alicyclic amines) is 1. The van der Waals surface area contributed by atoms with Crippen molar-refractivity contribution in [2.75, 3.05) is 13.1 Å². The number of aromatic amines is 1. The molecule has 2 N–H and O–H groups in total. The highest BCUT2D eigenvalue weighted by Gasteiger charge is 2.26. The zero-order valence-electron chi connectivity index (χ0n) is 12.3. The molecule has 0 radical (unpaired) electrons. The van der Waals surface area contributed by atoms with Crippen molar-refractivity contribution in [3.05, 3.63) is 35.0 Å². The highest BCUT2D eigenvalue weighted by molar-refractivity contribution is 5.82. The molecule has 4 heteroatoms. The highest BCUT2D eigenvalue weighted by Crippen LogP contribution is 2.20. The van der Waals surface area contributed by atoms with Crippen LogP contribution in [-0.2, 0) is 6.54 Å². The number of benzene rings is 1. The topological polar surface area (TPSA) is 48.1 Å². The van der Waals surface area contributed by atoms with E-state index in [1.165, 1.54) is 16.5 Å². The second-order valence-electron chi connectivity index (χ2n) is 5.99. The maximum absolute atomic E-state index is 11.9. The molecule has 1 fully saturated rings. The molecule has 1 aromatic carbocycles. The molecule has 4 nitrogen and oxygen atoms in total. The summed E-state index contributed by atoms with van der Waals surface area (Å²) in [4.78, 5) is 17.1. The third-order valence-corrected chi connectivity index (χ3v) is 4.07. The number of carbonyl (C=O) groups is 1. The van der Waals surface area contributed by atoms with E-state index >= 15 is 0 Å². The van der Waals surface area contributed by atoms with E-state index < -0.39 is 0 Å². The number of hydrogen-bond donors (Lipinski definition) is 2. The van der Waals surface area contributed by atoms with Crippen molar-refractivity contribution in [1.82, 2.24) is 15.2 Å². The first-order chi connectivity index (χ1) is 9.52. The van der Waals surface area contributed by atoms with Crippen LogP contribution in [0, 0.1) is 19.8 Å². The molecule has 1 saturated heterocycles. The lowest BCUT2D eigenvalue weighted by molar-refractivity contribution is 0.129. The molecule has 3 rings (SSSR count). The molecule has 0 unspecified atom stereocenters. The molecule has 106 valence electrons. The third-order valence-electron chi connectivity index (χ3n) is 4.07. The SMILES string of the molecule is Cc1cc2cc(CNC(=O)N3CC(C)C3)[nH]c2cc1C. The van der Waals surface area contributed by atoms with Crippen LogP contribution < -0.4 is 5.32 Å². The number of hydrogen-bond acceptors (Lipinski definition) is 1. The summed E-state index contributed by atoms with van der Waals surface area (Å²) in [5, 5.41) is 4.17. The van der Waals surface area contributed by atoms with Crippen LogP contribution in [0.5, 0.6) is 0 Å². The number of carbonyl (C=O) groups excluding carboxylic acids is 1. The molecule has 1 aliphatic rings. The smallest absolute Gasteiger partial charge is 0.317 e. The fourth-order valence-corrected chi connectivity index (χ4v) is 2.71. The second-order valence-corrected chi connectivity index (χ2v) is 5.99. The Bertz CT molecular complexity index is 614. The summed E-state index contributed by atoms with van der Waals surface area (Å²) in [6, 6.07) is 6.49. The molecule has 20 heavy (non-hydrogen) atoms. The van der Waals surface area contributed by atoms with Crippen LogP contribution in [0.3, 0.4) is 0 Å². The molecule has 0 saturated carbocycles. The first-order valence-corrected chi connectivity index (χ1v) is 7.14. The van der Waals surface area contributed by atoms with Crippen LogP contribution in [0.1, 0.15) is 23.7 Å². The average molecular weight is 271 g/mol. The first-order valence-electron chi connectivity index (χ1n) is 7.14. The van der Waals surface area contributed by atoms with Crippen LogP contribution in [0.2, 0.25) is 0 Å². The normalized spacial score (nSPS) is 15.4. The molecule has 1 aliphatic heterocycles. The van der Waals surface area contributed by atoms with E-state index in [9.17, 15) is 4.79 Å². The van der Waals surface area contributed by atoms with Gasteiger partial charge in [-0.3, -0.25) is 0 Å². The lowest BCUT2D eigenvalue weighted by Gasteiger charge is -2.36. The number of aromatic nitrogens is 1. The number of aryl methyl sites for hydroxylation is 2. The van der Waals surface area contributed by atoms with Crippen molar-refractivity contribution in [2.45, 2.75) is 27.3 Å².